The van der Waals surface area contributed by atoms with Crippen molar-refractivity contribution in [3.8, 4) is 16.9 Å². The zero-order valence-corrected chi connectivity index (χ0v) is 9.34. The quantitative estimate of drug-likeness (QED) is 0.596. The van der Waals surface area contributed by atoms with Crippen LogP contribution >= 0.6 is 0 Å². The van der Waals surface area contributed by atoms with Crippen LogP contribution in [0.5, 0.6) is 5.75 Å². The maximum atomic E-state index is 13.5. The Morgan fingerprint density at radius 1 is 0.789 bits per heavy atom. The molecule has 0 aromatic heterocycles. The first-order valence-electron chi connectivity index (χ1n) is 5.18. The lowest BCUT2D eigenvalue weighted by atomic mass is 10.0. The third-order valence-corrected chi connectivity index (χ3v) is 2.43. The first kappa shape index (κ1) is 13.3. The van der Waals surface area contributed by atoms with E-state index in [-0.39, 0.29) is 16.9 Å². The predicted molar refractivity (Wildman–Crippen MR) is 58.4 cm³/mol. The zero-order valence-electron chi connectivity index (χ0n) is 9.34. The molecule has 0 radical (unpaired) electrons. The zero-order chi connectivity index (χ0) is 14.0. The molecule has 2 aromatic carbocycles. The van der Waals surface area contributed by atoms with E-state index in [1.54, 1.807) is 0 Å². The van der Waals surface area contributed by atoms with Crippen LogP contribution in [-0.2, 0) is 0 Å². The fourth-order valence-electron chi connectivity index (χ4n) is 1.56. The maximum absolute atomic E-state index is 13.5. The van der Waals surface area contributed by atoms with Crippen molar-refractivity contribution in [2.24, 2.45) is 0 Å². The second kappa shape index (κ2) is 5.26. The second-order valence-corrected chi connectivity index (χ2v) is 3.63. The molecule has 2 rings (SSSR count). The normalized spacial score (nSPS) is 10.8. The van der Waals surface area contributed by atoms with Crippen molar-refractivity contribution >= 4 is 0 Å². The van der Waals surface area contributed by atoms with Crippen molar-refractivity contribution in [3.05, 3.63) is 53.8 Å². The summed E-state index contributed by atoms with van der Waals surface area (Å²) in [5.41, 5.74) is 0.0560. The van der Waals surface area contributed by atoms with E-state index in [1.807, 2.05) is 0 Å². The lowest BCUT2D eigenvalue weighted by molar-refractivity contribution is -0.0498. The number of halogens is 5. The minimum atomic E-state index is -2.97. The molecule has 19 heavy (non-hydrogen) atoms. The van der Waals surface area contributed by atoms with Gasteiger partial charge in [0, 0.05) is 5.56 Å². The molecule has 0 atom stereocenters. The Hall–Kier alpha value is -2.11. The third kappa shape index (κ3) is 2.83. The molecule has 0 saturated heterocycles. The number of benzene rings is 2. The Bertz CT molecular complexity index is 580. The van der Waals surface area contributed by atoms with Gasteiger partial charge in [-0.1, -0.05) is 12.1 Å². The molecule has 0 spiro atoms. The van der Waals surface area contributed by atoms with Crippen LogP contribution in [0.2, 0.25) is 0 Å². The lowest BCUT2D eigenvalue weighted by Crippen LogP contribution is -2.01. The van der Waals surface area contributed by atoms with Gasteiger partial charge in [-0.15, -0.1) is 0 Å². The van der Waals surface area contributed by atoms with Crippen molar-refractivity contribution in [2.75, 3.05) is 0 Å². The molecule has 6 heteroatoms. The molecule has 2 aromatic rings. The summed E-state index contributed by atoms with van der Waals surface area (Å²) in [6, 6.07) is 6.76. The van der Waals surface area contributed by atoms with Crippen LogP contribution in [0.1, 0.15) is 0 Å². The molecule has 0 fully saturated rings. The first-order chi connectivity index (χ1) is 8.99. The van der Waals surface area contributed by atoms with Crippen LogP contribution in [0.4, 0.5) is 22.0 Å². The highest BCUT2D eigenvalue weighted by atomic mass is 19.3. The summed E-state index contributed by atoms with van der Waals surface area (Å²) in [5, 5.41) is 0. The minimum Gasteiger partial charge on any atom is -0.435 e. The van der Waals surface area contributed by atoms with E-state index in [0.29, 0.717) is 0 Å². The van der Waals surface area contributed by atoms with Crippen molar-refractivity contribution in [1.82, 2.24) is 0 Å². The van der Waals surface area contributed by atoms with Crippen LogP contribution in [0.3, 0.4) is 0 Å². The highest BCUT2D eigenvalue weighted by molar-refractivity contribution is 5.65. The SMILES string of the molecule is Fc1ccc(-c2ccc(OC(F)F)cc2)c(F)c1F. The first-order valence-corrected chi connectivity index (χ1v) is 5.18. The third-order valence-electron chi connectivity index (χ3n) is 2.43. The molecular formula is C13H7F5O. The summed E-state index contributed by atoms with van der Waals surface area (Å²) in [4.78, 5) is 0. The number of hydrogen-bond donors (Lipinski definition) is 0. The van der Waals surface area contributed by atoms with E-state index in [9.17, 15) is 22.0 Å². The maximum Gasteiger partial charge on any atom is 0.387 e. The van der Waals surface area contributed by atoms with Crippen LogP contribution in [-0.4, -0.2) is 6.61 Å². The number of alkyl halides is 2. The molecule has 0 unspecified atom stereocenters. The molecule has 0 saturated carbocycles. The van der Waals surface area contributed by atoms with Crippen molar-refractivity contribution in [2.45, 2.75) is 6.61 Å². The van der Waals surface area contributed by atoms with Gasteiger partial charge in [0.2, 0.25) is 0 Å². The molecule has 0 aliphatic heterocycles. The number of rotatable bonds is 3. The molecule has 100 valence electrons. The second-order valence-electron chi connectivity index (χ2n) is 3.63. The fourth-order valence-corrected chi connectivity index (χ4v) is 1.56. The topological polar surface area (TPSA) is 9.23 Å². The van der Waals surface area contributed by atoms with Gasteiger partial charge in [0.15, 0.2) is 17.5 Å². The Balaban J connectivity index is 2.35. The summed E-state index contributed by atoms with van der Waals surface area (Å²) < 4.78 is 67.3. The summed E-state index contributed by atoms with van der Waals surface area (Å²) >= 11 is 0. The van der Waals surface area contributed by atoms with Gasteiger partial charge in [-0.3, -0.25) is 0 Å². The molecule has 0 heterocycles. The van der Waals surface area contributed by atoms with Crippen LogP contribution in [0.25, 0.3) is 11.1 Å². The largest absolute Gasteiger partial charge is 0.435 e. The van der Waals surface area contributed by atoms with Gasteiger partial charge >= 0.3 is 6.61 Å². The van der Waals surface area contributed by atoms with Gasteiger partial charge in [-0.25, -0.2) is 13.2 Å². The van der Waals surface area contributed by atoms with Crippen LogP contribution in [0, 0.1) is 17.5 Å². The molecule has 1 nitrogen and oxygen atoms in total. The van der Waals surface area contributed by atoms with Crippen LogP contribution in [0.15, 0.2) is 36.4 Å². The standard InChI is InChI=1S/C13H7F5O/c14-10-6-5-9(11(15)12(10)16)7-1-3-8(4-2-7)19-13(17)18/h1-6,13H. The van der Waals surface area contributed by atoms with Crippen LogP contribution < -0.4 is 4.74 Å². The lowest BCUT2D eigenvalue weighted by Gasteiger charge is -2.07. The van der Waals surface area contributed by atoms with E-state index in [2.05, 4.69) is 4.74 Å². The van der Waals surface area contributed by atoms with E-state index >= 15 is 0 Å². The fraction of sp³-hybridized carbons (Fsp3) is 0.0769. The van der Waals surface area contributed by atoms with E-state index < -0.39 is 24.1 Å². The van der Waals surface area contributed by atoms with Gasteiger partial charge < -0.3 is 4.74 Å². The Morgan fingerprint density at radius 2 is 1.42 bits per heavy atom. The van der Waals surface area contributed by atoms with Crippen molar-refractivity contribution in [3.63, 3.8) is 0 Å². The Labute approximate surface area is 105 Å². The van der Waals surface area contributed by atoms with E-state index in [1.165, 1.54) is 24.3 Å². The average Bonchev–Trinajstić information content (AvgIpc) is 2.37. The van der Waals surface area contributed by atoms with Gasteiger partial charge in [-0.2, -0.15) is 8.78 Å². The molecule has 0 N–H and O–H groups in total. The van der Waals surface area contributed by atoms with Gasteiger partial charge in [0.05, 0.1) is 0 Å². The van der Waals surface area contributed by atoms with E-state index in [0.717, 1.165) is 12.1 Å². The summed E-state index contributed by atoms with van der Waals surface area (Å²) in [6.07, 6.45) is 0. The number of ether oxygens (including phenoxy) is 1. The highest BCUT2D eigenvalue weighted by Crippen LogP contribution is 2.27. The predicted octanol–water partition coefficient (Wildman–Crippen LogP) is 4.37. The molecule has 0 amide bonds. The smallest absolute Gasteiger partial charge is 0.387 e. The van der Waals surface area contributed by atoms with Crippen molar-refractivity contribution in [1.29, 1.82) is 0 Å². The summed E-state index contributed by atoms with van der Waals surface area (Å²) in [5.74, 6) is -4.31. The van der Waals surface area contributed by atoms with Crippen molar-refractivity contribution < 1.29 is 26.7 Å². The molecule has 0 bridgehead atoms. The highest BCUT2D eigenvalue weighted by Gasteiger charge is 2.14. The van der Waals surface area contributed by atoms with E-state index in [4.69, 9.17) is 0 Å². The Morgan fingerprint density at radius 3 is 2.00 bits per heavy atom. The molecule has 0 aliphatic rings. The summed E-state index contributed by atoms with van der Waals surface area (Å²) in [6.45, 7) is -2.97. The average molecular weight is 274 g/mol. The monoisotopic (exact) mass is 274 g/mol. The van der Waals surface area contributed by atoms with Gasteiger partial charge in [0.25, 0.3) is 0 Å². The summed E-state index contributed by atoms with van der Waals surface area (Å²) in [7, 11) is 0. The number of hydrogen-bond acceptors (Lipinski definition) is 1. The van der Waals surface area contributed by atoms with Gasteiger partial charge in [0.1, 0.15) is 5.75 Å². The molecular weight excluding hydrogens is 267 g/mol. The molecule has 0 aliphatic carbocycles. The van der Waals surface area contributed by atoms with Gasteiger partial charge in [-0.05, 0) is 29.8 Å². The minimum absolute atomic E-state index is 0.109. The Kier molecular flexibility index (Phi) is 3.69.